The van der Waals surface area contributed by atoms with Crippen LogP contribution < -0.4 is 0 Å². The SMILES string of the molecule is Cc1c(Br)cccc1-c1cc(Br)cn1C(=O)OC(C)(C)C. The number of aromatic nitrogens is 1. The third kappa shape index (κ3) is 3.77. The van der Waals surface area contributed by atoms with Crippen molar-refractivity contribution >= 4 is 38.0 Å². The minimum atomic E-state index is -0.530. The summed E-state index contributed by atoms with van der Waals surface area (Å²) in [6.07, 6.45) is 1.34. The number of halogens is 2. The van der Waals surface area contributed by atoms with E-state index < -0.39 is 5.60 Å². The molecule has 1 aromatic carbocycles. The molecule has 0 N–H and O–H groups in total. The minimum Gasteiger partial charge on any atom is -0.443 e. The molecule has 1 heterocycles. The van der Waals surface area contributed by atoms with Gasteiger partial charge in [-0.3, -0.25) is 4.57 Å². The van der Waals surface area contributed by atoms with E-state index in [1.807, 2.05) is 52.0 Å². The van der Waals surface area contributed by atoms with Crippen molar-refractivity contribution in [2.75, 3.05) is 0 Å². The summed E-state index contributed by atoms with van der Waals surface area (Å²) in [5.74, 6) is 0. The molecule has 0 aliphatic heterocycles. The molecule has 0 saturated carbocycles. The lowest BCUT2D eigenvalue weighted by Crippen LogP contribution is -2.27. The molecule has 0 bridgehead atoms. The van der Waals surface area contributed by atoms with Crippen molar-refractivity contribution in [3.8, 4) is 11.3 Å². The zero-order valence-corrected chi connectivity index (χ0v) is 15.6. The van der Waals surface area contributed by atoms with Crippen LogP contribution in [-0.2, 0) is 4.74 Å². The summed E-state index contributed by atoms with van der Waals surface area (Å²) in [6, 6.07) is 7.84. The van der Waals surface area contributed by atoms with Crippen LogP contribution in [0.2, 0.25) is 0 Å². The fourth-order valence-corrected chi connectivity index (χ4v) is 2.77. The average Bonchev–Trinajstić information content (AvgIpc) is 2.73. The molecule has 0 saturated heterocycles. The molecule has 2 rings (SSSR count). The molecule has 0 amide bonds. The summed E-state index contributed by atoms with van der Waals surface area (Å²) in [4.78, 5) is 12.4. The number of carbonyl (C=O) groups is 1. The molecular weight excluding hydrogens is 398 g/mol. The number of ether oxygens (including phenoxy) is 1. The van der Waals surface area contributed by atoms with E-state index in [1.165, 1.54) is 4.57 Å². The van der Waals surface area contributed by atoms with Gasteiger partial charge in [0.25, 0.3) is 0 Å². The van der Waals surface area contributed by atoms with Crippen molar-refractivity contribution < 1.29 is 9.53 Å². The lowest BCUT2D eigenvalue weighted by Gasteiger charge is -2.20. The smallest absolute Gasteiger partial charge is 0.419 e. The Bertz CT molecular complexity index is 684. The van der Waals surface area contributed by atoms with Crippen LogP contribution in [0.4, 0.5) is 4.79 Å². The van der Waals surface area contributed by atoms with Gasteiger partial charge in [0.2, 0.25) is 0 Å². The van der Waals surface area contributed by atoms with Crippen LogP contribution in [0.5, 0.6) is 0 Å². The first-order valence-corrected chi connectivity index (χ1v) is 8.14. The maximum atomic E-state index is 12.4. The van der Waals surface area contributed by atoms with Crippen LogP contribution in [0.25, 0.3) is 11.3 Å². The van der Waals surface area contributed by atoms with E-state index in [0.717, 1.165) is 25.8 Å². The maximum absolute atomic E-state index is 12.4. The van der Waals surface area contributed by atoms with Crippen molar-refractivity contribution in [3.63, 3.8) is 0 Å². The van der Waals surface area contributed by atoms with E-state index in [2.05, 4.69) is 31.9 Å². The molecule has 0 spiro atoms. The molecule has 5 heteroatoms. The Morgan fingerprint density at radius 3 is 2.52 bits per heavy atom. The van der Waals surface area contributed by atoms with E-state index in [9.17, 15) is 4.79 Å². The molecule has 1 aromatic heterocycles. The normalized spacial score (nSPS) is 11.5. The lowest BCUT2D eigenvalue weighted by atomic mass is 10.1. The average molecular weight is 415 g/mol. The minimum absolute atomic E-state index is 0.387. The largest absolute Gasteiger partial charge is 0.443 e. The zero-order chi connectivity index (χ0) is 15.8. The van der Waals surface area contributed by atoms with Gasteiger partial charge in [-0.1, -0.05) is 28.1 Å². The van der Waals surface area contributed by atoms with E-state index in [-0.39, 0.29) is 6.09 Å². The van der Waals surface area contributed by atoms with Crippen molar-refractivity contribution in [1.29, 1.82) is 0 Å². The Morgan fingerprint density at radius 2 is 1.90 bits per heavy atom. The molecule has 21 heavy (non-hydrogen) atoms. The Balaban J connectivity index is 2.51. The van der Waals surface area contributed by atoms with Gasteiger partial charge in [0.15, 0.2) is 0 Å². The first-order valence-electron chi connectivity index (χ1n) is 6.56. The van der Waals surface area contributed by atoms with Gasteiger partial charge in [0.1, 0.15) is 5.60 Å². The molecule has 0 fully saturated rings. The summed E-state index contributed by atoms with van der Waals surface area (Å²) in [5.41, 5.74) is 2.33. The second kappa shape index (κ2) is 5.97. The lowest BCUT2D eigenvalue weighted by molar-refractivity contribution is 0.0540. The van der Waals surface area contributed by atoms with Crippen molar-refractivity contribution in [2.24, 2.45) is 0 Å². The first-order chi connectivity index (χ1) is 9.69. The van der Waals surface area contributed by atoms with Gasteiger partial charge in [-0.25, -0.2) is 4.79 Å². The van der Waals surface area contributed by atoms with Gasteiger partial charge < -0.3 is 4.74 Å². The summed E-state index contributed by atoms with van der Waals surface area (Å²) >= 11 is 6.95. The van der Waals surface area contributed by atoms with Crippen LogP contribution in [0, 0.1) is 6.92 Å². The number of benzene rings is 1. The van der Waals surface area contributed by atoms with E-state index in [0.29, 0.717) is 0 Å². The van der Waals surface area contributed by atoms with E-state index in [4.69, 9.17) is 4.74 Å². The predicted molar refractivity (Wildman–Crippen MR) is 91.6 cm³/mol. The molecule has 112 valence electrons. The highest BCUT2D eigenvalue weighted by atomic mass is 79.9. The van der Waals surface area contributed by atoms with Gasteiger partial charge in [0.05, 0.1) is 5.69 Å². The molecule has 0 aliphatic rings. The highest BCUT2D eigenvalue weighted by Gasteiger charge is 2.21. The van der Waals surface area contributed by atoms with Crippen LogP contribution in [0.3, 0.4) is 0 Å². The first kappa shape index (κ1) is 16.3. The van der Waals surface area contributed by atoms with Gasteiger partial charge in [-0.05, 0) is 61.3 Å². The monoisotopic (exact) mass is 413 g/mol. The second-order valence-corrected chi connectivity index (χ2v) is 7.58. The standard InChI is InChI=1S/C16H17Br2NO2/c1-10-12(6-5-7-13(10)18)14-8-11(17)9-19(14)15(20)21-16(2,3)4/h5-9H,1-4H3. The molecule has 2 aromatic rings. The van der Waals surface area contributed by atoms with Crippen LogP contribution >= 0.6 is 31.9 Å². The fraction of sp³-hybridized carbons (Fsp3) is 0.312. The van der Waals surface area contributed by atoms with Gasteiger partial charge in [-0.2, -0.15) is 0 Å². The van der Waals surface area contributed by atoms with Crippen LogP contribution in [-0.4, -0.2) is 16.3 Å². The van der Waals surface area contributed by atoms with Gasteiger partial charge in [0, 0.05) is 20.7 Å². The zero-order valence-electron chi connectivity index (χ0n) is 12.4. The molecule has 0 aliphatic carbocycles. The number of hydrogen-bond donors (Lipinski definition) is 0. The van der Waals surface area contributed by atoms with E-state index >= 15 is 0 Å². The predicted octanol–water partition coefficient (Wildman–Crippen LogP) is 5.77. The van der Waals surface area contributed by atoms with Gasteiger partial charge >= 0.3 is 6.09 Å². The Morgan fingerprint density at radius 1 is 1.24 bits per heavy atom. The third-order valence-electron chi connectivity index (χ3n) is 2.92. The highest BCUT2D eigenvalue weighted by Crippen LogP contribution is 2.32. The number of hydrogen-bond acceptors (Lipinski definition) is 2. The van der Waals surface area contributed by atoms with Gasteiger partial charge in [-0.15, -0.1) is 0 Å². The Kier molecular flexibility index (Phi) is 4.63. The van der Waals surface area contributed by atoms with Crippen molar-refractivity contribution in [1.82, 2.24) is 4.57 Å². The molecule has 0 atom stereocenters. The Hall–Kier alpha value is -1.07. The van der Waals surface area contributed by atoms with Crippen LogP contribution in [0.1, 0.15) is 26.3 Å². The van der Waals surface area contributed by atoms with Crippen molar-refractivity contribution in [3.05, 3.63) is 45.0 Å². The number of rotatable bonds is 1. The molecular formula is C16H17Br2NO2. The number of nitrogens with zero attached hydrogens (tertiary/aromatic N) is 1. The Labute approximate surface area is 141 Å². The molecule has 0 unspecified atom stereocenters. The van der Waals surface area contributed by atoms with E-state index in [1.54, 1.807) is 6.20 Å². The summed E-state index contributed by atoms with van der Waals surface area (Å²) in [7, 11) is 0. The molecule has 0 radical (unpaired) electrons. The second-order valence-electron chi connectivity index (χ2n) is 5.81. The highest BCUT2D eigenvalue weighted by molar-refractivity contribution is 9.10. The third-order valence-corrected chi connectivity index (χ3v) is 4.21. The van der Waals surface area contributed by atoms with Crippen LogP contribution in [0.15, 0.2) is 39.4 Å². The number of carbonyl (C=O) groups excluding carboxylic acids is 1. The molecule has 3 nitrogen and oxygen atoms in total. The summed E-state index contributed by atoms with van der Waals surface area (Å²) in [5, 5.41) is 0. The summed E-state index contributed by atoms with van der Waals surface area (Å²) < 4.78 is 8.84. The quantitative estimate of drug-likeness (QED) is 0.592. The van der Waals surface area contributed by atoms with Crippen molar-refractivity contribution in [2.45, 2.75) is 33.3 Å². The maximum Gasteiger partial charge on any atom is 0.419 e. The fourth-order valence-electron chi connectivity index (χ4n) is 1.98. The topological polar surface area (TPSA) is 31.2 Å². The summed E-state index contributed by atoms with van der Waals surface area (Å²) in [6.45, 7) is 7.58.